The summed E-state index contributed by atoms with van der Waals surface area (Å²) in [6.07, 6.45) is 0.579. The number of benzene rings is 1. The summed E-state index contributed by atoms with van der Waals surface area (Å²) in [5.74, 6) is -1.18. The SMILES string of the molecule is O=C(O)CCCNC(=S)Nc1cccc(F)c1. The lowest BCUT2D eigenvalue weighted by atomic mass is 10.3. The Labute approximate surface area is 104 Å². The molecule has 6 heteroatoms. The highest BCUT2D eigenvalue weighted by molar-refractivity contribution is 7.80. The number of aliphatic carboxylic acids is 1. The van der Waals surface area contributed by atoms with Crippen LogP contribution in [-0.2, 0) is 4.79 Å². The first-order valence-corrected chi connectivity index (χ1v) is 5.51. The van der Waals surface area contributed by atoms with Crippen LogP contribution in [0, 0.1) is 5.82 Å². The number of carboxylic acid groups (broad SMARTS) is 1. The molecule has 0 saturated heterocycles. The van der Waals surface area contributed by atoms with Crippen molar-refractivity contribution in [1.29, 1.82) is 0 Å². The van der Waals surface area contributed by atoms with E-state index in [0.29, 0.717) is 23.8 Å². The lowest BCUT2D eigenvalue weighted by Gasteiger charge is -2.09. The van der Waals surface area contributed by atoms with Crippen molar-refractivity contribution in [2.45, 2.75) is 12.8 Å². The van der Waals surface area contributed by atoms with Crippen molar-refractivity contribution in [2.24, 2.45) is 0 Å². The first-order valence-electron chi connectivity index (χ1n) is 5.10. The van der Waals surface area contributed by atoms with E-state index < -0.39 is 5.97 Å². The van der Waals surface area contributed by atoms with Crippen LogP contribution in [0.3, 0.4) is 0 Å². The molecule has 0 radical (unpaired) electrons. The largest absolute Gasteiger partial charge is 0.481 e. The minimum atomic E-state index is -0.837. The number of hydrogen-bond donors (Lipinski definition) is 3. The Morgan fingerprint density at radius 3 is 2.88 bits per heavy atom. The van der Waals surface area contributed by atoms with Gasteiger partial charge in [0.15, 0.2) is 5.11 Å². The van der Waals surface area contributed by atoms with E-state index in [2.05, 4.69) is 10.6 Å². The third kappa shape index (κ3) is 5.82. The van der Waals surface area contributed by atoms with Gasteiger partial charge in [0.1, 0.15) is 5.82 Å². The Hall–Kier alpha value is -1.69. The molecule has 0 atom stereocenters. The van der Waals surface area contributed by atoms with Gasteiger partial charge < -0.3 is 15.7 Å². The third-order valence-corrected chi connectivity index (χ3v) is 2.18. The molecule has 92 valence electrons. The van der Waals surface area contributed by atoms with Crippen molar-refractivity contribution < 1.29 is 14.3 Å². The average Bonchev–Trinajstić information content (AvgIpc) is 2.24. The zero-order valence-corrected chi connectivity index (χ0v) is 9.89. The molecule has 0 aliphatic rings. The summed E-state index contributed by atoms with van der Waals surface area (Å²) in [5.41, 5.74) is 0.556. The molecule has 17 heavy (non-hydrogen) atoms. The fourth-order valence-electron chi connectivity index (χ4n) is 1.18. The van der Waals surface area contributed by atoms with Crippen LogP contribution in [0.25, 0.3) is 0 Å². The van der Waals surface area contributed by atoms with Gasteiger partial charge in [-0.1, -0.05) is 6.07 Å². The van der Waals surface area contributed by atoms with Gasteiger partial charge in [-0.05, 0) is 36.8 Å². The van der Waals surface area contributed by atoms with Crippen molar-refractivity contribution in [3.8, 4) is 0 Å². The second kappa shape index (κ2) is 6.80. The van der Waals surface area contributed by atoms with E-state index in [1.807, 2.05) is 0 Å². The smallest absolute Gasteiger partial charge is 0.303 e. The molecule has 3 N–H and O–H groups in total. The molecule has 1 rings (SSSR count). The van der Waals surface area contributed by atoms with Gasteiger partial charge in [-0.3, -0.25) is 4.79 Å². The van der Waals surface area contributed by atoms with Crippen LogP contribution in [0.15, 0.2) is 24.3 Å². The monoisotopic (exact) mass is 256 g/mol. The summed E-state index contributed by atoms with van der Waals surface area (Å²) in [7, 11) is 0. The van der Waals surface area contributed by atoms with Gasteiger partial charge >= 0.3 is 5.97 Å². The average molecular weight is 256 g/mol. The molecule has 0 bridgehead atoms. The first kappa shape index (κ1) is 13.4. The molecule has 0 aliphatic heterocycles. The summed E-state index contributed by atoms with van der Waals surface area (Å²) < 4.78 is 12.8. The van der Waals surface area contributed by atoms with E-state index in [4.69, 9.17) is 17.3 Å². The highest BCUT2D eigenvalue weighted by atomic mass is 32.1. The van der Waals surface area contributed by atoms with Crippen LogP contribution in [-0.4, -0.2) is 22.7 Å². The fourth-order valence-corrected chi connectivity index (χ4v) is 1.40. The van der Waals surface area contributed by atoms with Gasteiger partial charge in [-0.2, -0.15) is 0 Å². The van der Waals surface area contributed by atoms with Crippen LogP contribution in [0.2, 0.25) is 0 Å². The molecular formula is C11H13FN2O2S. The summed E-state index contributed by atoms with van der Waals surface area (Å²) in [6.45, 7) is 0.466. The van der Waals surface area contributed by atoms with Crippen LogP contribution in [0.4, 0.5) is 10.1 Å². The summed E-state index contributed by atoms with van der Waals surface area (Å²) in [5, 5.41) is 14.4. The molecule has 0 saturated carbocycles. The Kier molecular flexibility index (Phi) is 5.35. The van der Waals surface area contributed by atoms with Crippen LogP contribution in [0.1, 0.15) is 12.8 Å². The number of carboxylic acids is 1. The molecule has 0 fully saturated rings. The second-order valence-electron chi connectivity index (χ2n) is 3.39. The molecule has 0 aliphatic carbocycles. The first-order chi connectivity index (χ1) is 8.08. The Bertz CT molecular complexity index is 412. The number of carbonyl (C=O) groups is 1. The number of anilines is 1. The van der Waals surface area contributed by atoms with Gasteiger partial charge in [0.05, 0.1) is 0 Å². The van der Waals surface area contributed by atoms with Gasteiger partial charge in [-0.25, -0.2) is 4.39 Å². The van der Waals surface area contributed by atoms with E-state index in [0.717, 1.165) is 0 Å². The van der Waals surface area contributed by atoms with Crippen LogP contribution < -0.4 is 10.6 Å². The summed E-state index contributed by atoms with van der Waals surface area (Å²) in [6, 6.07) is 5.93. The number of hydrogen-bond acceptors (Lipinski definition) is 2. The highest BCUT2D eigenvalue weighted by Crippen LogP contribution is 2.08. The van der Waals surface area contributed by atoms with Crippen LogP contribution >= 0.6 is 12.2 Å². The molecule has 4 nitrogen and oxygen atoms in total. The Morgan fingerprint density at radius 1 is 1.47 bits per heavy atom. The normalized spacial score (nSPS) is 9.71. The standard InChI is InChI=1S/C11H13FN2O2S/c12-8-3-1-4-9(7-8)14-11(17)13-6-2-5-10(15)16/h1,3-4,7H,2,5-6H2,(H,15,16)(H2,13,14,17). The van der Waals surface area contributed by atoms with Gasteiger partial charge in [0.2, 0.25) is 0 Å². The van der Waals surface area contributed by atoms with Gasteiger partial charge in [0.25, 0.3) is 0 Å². The third-order valence-electron chi connectivity index (χ3n) is 1.94. The molecule has 0 aromatic heterocycles. The van der Waals surface area contributed by atoms with E-state index >= 15 is 0 Å². The van der Waals surface area contributed by atoms with Gasteiger partial charge in [-0.15, -0.1) is 0 Å². The zero-order chi connectivity index (χ0) is 12.7. The quantitative estimate of drug-likeness (QED) is 0.555. The number of halogens is 1. The summed E-state index contributed by atoms with van der Waals surface area (Å²) >= 11 is 4.97. The Balaban J connectivity index is 2.27. The molecular weight excluding hydrogens is 243 g/mol. The maximum absolute atomic E-state index is 12.8. The second-order valence-corrected chi connectivity index (χ2v) is 3.80. The predicted molar refractivity (Wildman–Crippen MR) is 67.5 cm³/mol. The molecule has 0 heterocycles. The maximum Gasteiger partial charge on any atom is 0.303 e. The van der Waals surface area contributed by atoms with Crippen LogP contribution in [0.5, 0.6) is 0 Å². The predicted octanol–water partition coefficient (Wildman–Crippen LogP) is 1.98. The lowest BCUT2D eigenvalue weighted by Crippen LogP contribution is -2.29. The molecule has 1 aromatic rings. The summed E-state index contributed by atoms with van der Waals surface area (Å²) in [4.78, 5) is 10.3. The topological polar surface area (TPSA) is 61.4 Å². The van der Waals surface area contributed by atoms with E-state index in [1.54, 1.807) is 12.1 Å². The number of nitrogens with one attached hydrogen (secondary N) is 2. The van der Waals surface area contributed by atoms with E-state index in [9.17, 15) is 9.18 Å². The Morgan fingerprint density at radius 2 is 2.24 bits per heavy atom. The maximum atomic E-state index is 12.8. The van der Waals surface area contributed by atoms with Crippen molar-refractivity contribution in [1.82, 2.24) is 5.32 Å². The highest BCUT2D eigenvalue weighted by Gasteiger charge is 2.00. The minimum Gasteiger partial charge on any atom is -0.481 e. The molecule has 1 aromatic carbocycles. The lowest BCUT2D eigenvalue weighted by molar-refractivity contribution is -0.137. The molecule has 0 spiro atoms. The fraction of sp³-hybridized carbons (Fsp3) is 0.273. The van der Waals surface area contributed by atoms with Gasteiger partial charge in [0, 0.05) is 18.7 Å². The van der Waals surface area contributed by atoms with Crippen molar-refractivity contribution in [2.75, 3.05) is 11.9 Å². The van der Waals surface area contributed by atoms with Crippen molar-refractivity contribution in [3.63, 3.8) is 0 Å². The molecule has 0 amide bonds. The minimum absolute atomic E-state index is 0.0928. The van der Waals surface area contributed by atoms with Crippen molar-refractivity contribution in [3.05, 3.63) is 30.1 Å². The number of rotatable bonds is 5. The zero-order valence-electron chi connectivity index (χ0n) is 9.07. The van der Waals surface area contributed by atoms with Crippen molar-refractivity contribution >= 4 is 29.0 Å². The van der Waals surface area contributed by atoms with E-state index in [-0.39, 0.29) is 12.2 Å². The van der Waals surface area contributed by atoms with E-state index in [1.165, 1.54) is 12.1 Å². The number of thiocarbonyl (C=S) groups is 1. The molecule has 0 unspecified atom stereocenters.